The Labute approximate surface area is 116 Å². The fourth-order valence-electron chi connectivity index (χ4n) is 2.99. The smallest absolute Gasteiger partial charge is 0.254 e. The van der Waals surface area contributed by atoms with Crippen LogP contribution in [0.5, 0.6) is 0 Å². The molecule has 2 rings (SSSR count). The van der Waals surface area contributed by atoms with E-state index in [1.54, 1.807) is 0 Å². The lowest BCUT2D eigenvalue weighted by molar-refractivity contribution is 0.0667. The third-order valence-electron chi connectivity index (χ3n) is 4.38. The zero-order valence-corrected chi connectivity index (χ0v) is 12.6. The summed E-state index contributed by atoms with van der Waals surface area (Å²) in [4.78, 5) is 14.6. The Morgan fingerprint density at radius 3 is 2.37 bits per heavy atom. The van der Waals surface area contributed by atoms with Gasteiger partial charge in [-0.05, 0) is 50.2 Å². The molecular weight excluding hydrogens is 234 g/mol. The summed E-state index contributed by atoms with van der Waals surface area (Å²) >= 11 is 0. The number of carbonyl (C=O) groups excluding carboxylic acids is 1. The number of rotatable bonds is 2. The lowest BCUT2D eigenvalue weighted by Crippen LogP contribution is -2.39. The van der Waals surface area contributed by atoms with Gasteiger partial charge in [0.25, 0.3) is 5.91 Å². The second kappa shape index (κ2) is 5.77. The molecule has 0 saturated carbocycles. The molecule has 1 aliphatic heterocycles. The highest BCUT2D eigenvalue weighted by atomic mass is 16.2. The molecule has 1 amide bonds. The average molecular weight is 259 g/mol. The van der Waals surface area contributed by atoms with Crippen LogP contribution >= 0.6 is 0 Å². The van der Waals surface area contributed by atoms with Crippen LogP contribution in [-0.4, -0.2) is 23.9 Å². The summed E-state index contributed by atoms with van der Waals surface area (Å²) < 4.78 is 0. The summed E-state index contributed by atoms with van der Waals surface area (Å²) in [6.45, 7) is 10.5. The van der Waals surface area contributed by atoms with Gasteiger partial charge in [-0.15, -0.1) is 0 Å². The lowest BCUT2D eigenvalue weighted by Gasteiger charge is -2.34. The molecule has 0 N–H and O–H groups in total. The normalized spacial score (nSPS) is 17.0. The quantitative estimate of drug-likeness (QED) is 0.791. The summed E-state index contributed by atoms with van der Waals surface area (Å²) in [5.74, 6) is 1.72. The summed E-state index contributed by atoms with van der Waals surface area (Å²) in [6, 6.07) is 6.09. The van der Waals surface area contributed by atoms with Crippen molar-refractivity contribution in [1.29, 1.82) is 0 Å². The first-order valence-electron chi connectivity index (χ1n) is 7.35. The second-order valence-electron chi connectivity index (χ2n) is 6.19. The van der Waals surface area contributed by atoms with Crippen LogP contribution in [0.3, 0.4) is 0 Å². The van der Waals surface area contributed by atoms with Crippen LogP contribution in [0.2, 0.25) is 0 Å². The molecule has 1 aliphatic rings. The first kappa shape index (κ1) is 14.1. The number of nitrogens with zero attached hydrogens (tertiary/aromatic N) is 1. The minimum absolute atomic E-state index is 0.208. The molecule has 0 unspecified atom stereocenters. The van der Waals surface area contributed by atoms with Crippen LogP contribution in [0, 0.1) is 25.7 Å². The first-order chi connectivity index (χ1) is 8.99. The van der Waals surface area contributed by atoms with Crippen molar-refractivity contribution in [2.75, 3.05) is 13.1 Å². The largest absolute Gasteiger partial charge is 0.339 e. The van der Waals surface area contributed by atoms with Gasteiger partial charge in [0.15, 0.2) is 0 Å². The second-order valence-corrected chi connectivity index (χ2v) is 6.19. The molecule has 1 fully saturated rings. The molecule has 0 aromatic heterocycles. The summed E-state index contributed by atoms with van der Waals surface area (Å²) in [5.41, 5.74) is 3.18. The number of hydrogen-bond acceptors (Lipinski definition) is 1. The van der Waals surface area contributed by atoms with Gasteiger partial charge in [-0.3, -0.25) is 4.79 Å². The zero-order valence-electron chi connectivity index (χ0n) is 12.6. The fourth-order valence-corrected chi connectivity index (χ4v) is 2.99. The molecule has 19 heavy (non-hydrogen) atoms. The summed E-state index contributed by atoms with van der Waals surface area (Å²) in [5, 5.41) is 0. The topological polar surface area (TPSA) is 20.3 Å². The van der Waals surface area contributed by atoms with Crippen molar-refractivity contribution < 1.29 is 4.79 Å². The van der Waals surface area contributed by atoms with E-state index in [0.717, 1.165) is 48.9 Å². The van der Waals surface area contributed by atoms with Crippen molar-refractivity contribution in [3.8, 4) is 0 Å². The van der Waals surface area contributed by atoms with Gasteiger partial charge in [0.1, 0.15) is 0 Å². The summed E-state index contributed by atoms with van der Waals surface area (Å²) in [6.07, 6.45) is 2.29. The van der Waals surface area contributed by atoms with Crippen LogP contribution in [0.4, 0.5) is 0 Å². The maximum atomic E-state index is 12.5. The highest BCUT2D eigenvalue weighted by molar-refractivity contribution is 5.95. The van der Waals surface area contributed by atoms with Gasteiger partial charge in [-0.1, -0.05) is 31.5 Å². The van der Waals surface area contributed by atoms with Crippen LogP contribution in [-0.2, 0) is 0 Å². The van der Waals surface area contributed by atoms with Gasteiger partial charge in [0.05, 0.1) is 0 Å². The van der Waals surface area contributed by atoms with Gasteiger partial charge in [0, 0.05) is 18.7 Å². The molecule has 2 nitrogen and oxygen atoms in total. The first-order valence-corrected chi connectivity index (χ1v) is 7.35. The third-order valence-corrected chi connectivity index (χ3v) is 4.38. The molecule has 1 heterocycles. The number of piperidine rings is 1. The molecular formula is C17H25NO. The van der Waals surface area contributed by atoms with Gasteiger partial charge in [0.2, 0.25) is 0 Å². The van der Waals surface area contributed by atoms with E-state index in [4.69, 9.17) is 0 Å². The Morgan fingerprint density at radius 2 is 1.84 bits per heavy atom. The molecule has 1 saturated heterocycles. The van der Waals surface area contributed by atoms with Crippen LogP contribution in [0.15, 0.2) is 18.2 Å². The Morgan fingerprint density at radius 1 is 1.21 bits per heavy atom. The van der Waals surface area contributed by atoms with Crippen molar-refractivity contribution in [3.63, 3.8) is 0 Å². The number of likely N-dealkylation sites (tertiary alicyclic amines) is 1. The molecule has 2 heteroatoms. The van der Waals surface area contributed by atoms with E-state index in [9.17, 15) is 4.79 Å². The Balaban J connectivity index is 2.05. The molecule has 1 aromatic rings. The van der Waals surface area contributed by atoms with Gasteiger partial charge >= 0.3 is 0 Å². The van der Waals surface area contributed by atoms with Crippen molar-refractivity contribution in [3.05, 3.63) is 34.9 Å². The number of carbonyl (C=O) groups is 1. The van der Waals surface area contributed by atoms with Crippen LogP contribution in [0.25, 0.3) is 0 Å². The van der Waals surface area contributed by atoms with E-state index in [1.165, 1.54) is 5.56 Å². The van der Waals surface area contributed by atoms with Crippen molar-refractivity contribution in [2.45, 2.75) is 40.5 Å². The van der Waals surface area contributed by atoms with Gasteiger partial charge in [-0.2, -0.15) is 0 Å². The molecule has 0 aliphatic carbocycles. The Hall–Kier alpha value is -1.31. The number of aryl methyl sites for hydroxylation is 2. The fraction of sp³-hybridized carbons (Fsp3) is 0.588. The number of amides is 1. The van der Waals surface area contributed by atoms with Crippen molar-refractivity contribution in [1.82, 2.24) is 4.90 Å². The standard InChI is InChI=1S/C17H25NO/c1-12(2)15-7-9-18(10-8-15)17(19)16-6-5-13(3)11-14(16)4/h5-6,11-12,15H,7-10H2,1-4H3. The molecule has 0 atom stereocenters. The van der Waals surface area contributed by atoms with Gasteiger partial charge < -0.3 is 4.90 Å². The lowest BCUT2D eigenvalue weighted by atomic mass is 9.86. The highest BCUT2D eigenvalue weighted by Gasteiger charge is 2.25. The van der Waals surface area contributed by atoms with E-state index in [2.05, 4.69) is 26.8 Å². The van der Waals surface area contributed by atoms with E-state index in [1.807, 2.05) is 24.0 Å². The molecule has 0 spiro atoms. The van der Waals surface area contributed by atoms with Gasteiger partial charge in [-0.25, -0.2) is 0 Å². The highest BCUT2D eigenvalue weighted by Crippen LogP contribution is 2.25. The maximum Gasteiger partial charge on any atom is 0.254 e. The van der Waals surface area contributed by atoms with E-state index >= 15 is 0 Å². The van der Waals surface area contributed by atoms with E-state index in [-0.39, 0.29) is 5.91 Å². The van der Waals surface area contributed by atoms with Crippen LogP contribution < -0.4 is 0 Å². The van der Waals surface area contributed by atoms with Crippen molar-refractivity contribution >= 4 is 5.91 Å². The minimum Gasteiger partial charge on any atom is -0.339 e. The number of hydrogen-bond donors (Lipinski definition) is 0. The SMILES string of the molecule is Cc1ccc(C(=O)N2CCC(C(C)C)CC2)c(C)c1. The number of benzene rings is 1. The Bertz CT molecular complexity index is 456. The van der Waals surface area contributed by atoms with Crippen molar-refractivity contribution in [2.24, 2.45) is 11.8 Å². The molecule has 0 radical (unpaired) electrons. The van der Waals surface area contributed by atoms with E-state index < -0.39 is 0 Å². The molecule has 0 bridgehead atoms. The maximum absolute atomic E-state index is 12.5. The molecule has 104 valence electrons. The predicted molar refractivity (Wildman–Crippen MR) is 79.4 cm³/mol. The third kappa shape index (κ3) is 3.17. The van der Waals surface area contributed by atoms with E-state index in [0.29, 0.717) is 0 Å². The summed E-state index contributed by atoms with van der Waals surface area (Å²) in [7, 11) is 0. The predicted octanol–water partition coefficient (Wildman–Crippen LogP) is 3.81. The van der Waals surface area contributed by atoms with Crippen LogP contribution in [0.1, 0.15) is 48.2 Å². The molecule has 1 aromatic carbocycles. The average Bonchev–Trinajstić information content (AvgIpc) is 2.38. The zero-order chi connectivity index (χ0) is 14.0. The minimum atomic E-state index is 0.208. The monoisotopic (exact) mass is 259 g/mol. The Kier molecular flexibility index (Phi) is 4.28.